The van der Waals surface area contributed by atoms with Crippen LogP contribution in [0.3, 0.4) is 0 Å². The summed E-state index contributed by atoms with van der Waals surface area (Å²) in [6.07, 6.45) is -4.32. The van der Waals surface area contributed by atoms with Crippen molar-refractivity contribution in [2.24, 2.45) is 0 Å². The van der Waals surface area contributed by atoms with E-state index in [4.69, 9.17) is 4.42 Å². The molecule has 0 aliphatic carbocycles. The van der Waals surface area contributed by atoms with Crippen molar-refractivity contribution in [1.82, 2.24) is 10.2 Å². The van der Waals surface area contributed by atoms with E-state index in [0.29, 0.717) is 10.7 Å². The number of benzene rings is 2. The van der Waals surface area contributed by atoms with Gasteiger partial charge in [0.05, 0.1) is 0 Å². The summed E-state index contributed by atoms with van der Waals surface area (Å²) in [6, 6.07) is 14.3. The van der Waals surface area contributed by atoms with E-state index in [2.05, 4.69) is 10.2 Å². The number of nitrogens with zero attached hydrogens (tertiary/aromatic N) is 2. The number of aromatic nitrogens is 2. The van der Waals surface area contributed by atoms with Crippen LogP contribution in [-0.4, -0.2) is 25.2 Å². The normalized spacial score (nSPS) is 11.6. The van der Waals surface area contributed by atoms with E-state index < -0.39 is 11.7 Å². The summed E-state index contributed by atoms with van der Waals surface area (Å²) < 4.78 is 43.8. The third-order valence-corrected chi connectivity index (χ3v) is 4.59. The molecule has 0 bridgehead atoms. The molecule has 0 fully saturated rings. The molecule has 0 saturated carbocycles. The third kappa shape index (κ3) is 3.37. The molecule has 0 unspecified atom stereocenters. The van der Waals surface area contributed by atoms with Crippen molar-refractivity contribution in [3.8, 4) is 11.5 Å². The predicted octanol–water partition coefficient (Wildman–Crippen LogP) is 2.41. The van der Waals surface area contributed by atoms with E-state index >= 15 is 0 Å². The van der Waals surface area contributed by atoms with Gasteiger partial charge in [0, 0.05) is 0 Å². The predicted molar refractivity (Wildman–Crippen MR) is 76.2 cm³/mol. The van der Waals surface area contributed by atoms with Crippen LogP contribution in [0.2, 0.25) is 0 Å². The molecule has 0 atom stereocenters. The molecular formula is C15H9F3N2OSe. The summed E-state index contributed by atoms with van der Waals surface area (Å²) >= 11 is -0.329. The van der Waals surface area contributed by atoms with E-state index in [1.54, 1.807) is 0 Å². The maximum absolute atomic E-state index is 12.5. The van der Waals surface area contributed by atoms with E-state index in [0.717, 1.165) is 22.2 Å². The van der Waals surface area contributed by atoms with Crippen molar-refractivity contribution in [1.29, 1.82) is 0 Å². The quantitative estimate of drug-likeness (QED) is 0.666. The number of alkyl halides is 3. The zero-order chi connectivity index (χ0) is 15.6. The molecule has 22 heavy (non-hydrogen) atoms. The van der Waals surface area contributed by atoms with Gasteiger partial charge in [0.15, 0.2) is 0 Å². The van der Waals surface area contributed by atoms with Crippen LogP contribution in [0, 0.1) is 0 Å². The van der Waals surface area contributed by atoms with E-state index in [9.17, 15) is 13.2 Å². The van der Waals surface area contributed by atoms with Gasteiger partial charge in [-0.3, -0.25) is 0 Å². The minimum absolute atomic E-state index is 0.329. The standard InChI is InChI=1S/C15H9F3N2OSe/c16-15(17,18)11-6-8-12(9-7-11)22-14-20-19-13(21-14)10-4-2-1-3-5-10/h1-9H. The second-order valence-electron chi connectivity index (χ2n) is 4.36. The van der Waals surface area contributed by atoms with Crippen LogP contribution in [0.1, 0.15) is 5.56 Å². The van der Waals surface area contributed by atoms with E-state index in [1.165, 1.54) is 12.1 Å². The molecule has 2 aromatic carbocycles. The molecule has 3 nitrogen and oxygen atoms in total. The summed E-state index contributed by atoms with van der Waals surface area (Å²) in [5.74, 6) is 0.407. The van der Waals surface area contributed by atoms with Gasteiger partial charge >= 0.3 is 130 Å². The Labute approximate surface area is 130 Å². The molecule has 0 amide bonds. The van der Waals surface area contributed by atoms with Crippen molar-refractivity contribution >= 4 is 24.2 Å². The summed E-state index contributed by atoms with van der Waals surface area (Å²) in [5.41, 5.74) is 0.145. The van der Waals surface area contributed by atoms with Crippen LogP contribution in [0.4, 0.5) is 13.2 Å². The van der Waals surface area contributed by atoms with Crippen LogP contribution in [0.15, 0.2) is 59.0 Å². The summed E-state index contributed by atoms with van der Waals surface area (Å²) in [4.78, 5) is 0.422. The van der Waals surface area contributed by atoms with Gasteiger partial charge in [-0.2, -0.15) is 0 Å². The van der Waals surface area contributed by atoms with Crippen molar-refractivity contribution in [2.75, 3.05) is 0 Å². The Balaban J connectivity index is 1.76. The van der Waals surface area contributed by atoms with Crippen molar-refractivity contribution in [3.63, 3.8) is 0 Å². The van der Waals surface area contributed by atoms with Crippen LogP contribution in [0.5, 0.6) is 0 Å². The molecule has 0 N–H and O–H groups in total. The SMILES string of the molecule is FC(F)(F)c1ccc([Se]c2nnc(-c3ccccc3)o2)cc1. The fourth-order valence-corrected chi connectivity index (χ4v) is 3.18. The molecule has 0 saturated heterocycles. The molecule has 0 radical (unpaired) electrons. The second kappa shape index (κ2) is 5.94. The number of halogens is 3. The van der Waals surface area contributed by atoms with E-state index in [-0.39, 0.29) is 15.0 Å². The third-order valence-electron chi connectivity index (χ3n) is 2.81. The molecule has 1 aromatic heterocycles. The molecule has 112 valence electrons. The first-order valence-corrected chi connectivity index (χ1v) is 7.98. The topological polar surface area (TPSA) is 38.9 Å². The molecular weight excluding hydrogens is 360 g/mol. The van der Waals surface area contributed by atoms with Crippen LogP contribution >= 0.6 is 0 Å². The van der Waals surface area contributed by atoms with Gasteiger partial charge in [-0.05, 0) is 0 Å². The van der Waals surface area contributed by atoms with Crippen LogP contribution in [0.25, 0.3) is 11.5 Å². The number of hydrogen-bond donors (Lipinski definition) is 0. The molecule has 0 aliphatic rings. The van der Waals surface area contributed by atoms with Crippen LogP contribution < -0.4 is 9.25 Å². The Morgan fingerprint density at radius 3 is 2.18 bits per heavy atom. The summed E-state index contributed by atoms with van der Waals surface area (Å²) in [6.45, 7) is 0. The molecule has 1 heterocycles. The number of hydrogen-bond acceptors (Lipinski definition) is 3. The Hall–Kier alpha value is -2.11. The first kappa shape index (κ1) is 14.8. The Morgan fingerprint density at radius 2 is 1.55 bits per heavy atom. The Kier molecular flexibility index (Phi) is 4.00. The van der Waals surface area contributed by atoms with Gasteiger partial charge < -0.3 is 0 Å². The maximum atomic E-state index is 12.5. The number of rotatable bonds is 3. The van der Waals surface area contributed by atoms with Gasteiger partial charge in [0.1, 0.15) is 0 Å². The zero-order valence-corrected chi connectivity index (χ0v) is 12.8. The molecule has 0 aliphatic heterocycles. The minimum atomic E-state index is -4.32. The fourth-order valence-electron chi connectivity index (χ4n) is 1.76. The molecule has 3 rings (SSSR count). The summed E-state index contributed by atoms with van der Waals surface area (Å²) in [5, 5.41) is 7.91. The molecule has 0 spiro atoms. The van der Waals surface area contributed by atoms with Gasteiger partial charge in [-0.1, -0.05) is 0 Å². The van der Waals surface area contributed by atoms with Crippen molar-refractivity contribution in [2.45, 2.75) is 6.18 Å². The Bertz CT molecular complexity index is 754. The van der Waals surface area contributed by atoms with Gasteiger partial charge in [-0.25, -0.2) is 0 Å². The van der Waals surface area contributed by atoms with Crippen LogP contribution in [-0.2, 0) is 6.18 Å². The second-order valence-corrected chi connectivity index (χ2v) is 6.51. The summed E-state index contributed by atoms with van der Waals surface area (Å²) in [7, 11) is 0. The average molecular weight is 369 g/mol. The fraction of sp³-hybridized carbons (Fsp3) is 0.0667. The monoisotopic (exact) mass is 370 g/mol. The van der Waals surface area contributed by atoms with Crippen molar-refractivity contribution < 1.29 is 17.6 Å². The zero-order valence-electron chi connectivity index (χ0n) is 11.0. The molecule has 3 aromatic rings. The van der Waals surface area contributed by atoms with Crippen molar-refractivity contribution in [3.05, 3.63) is 60.2 Å². The van der Waals surface area contributed by atoms with Gasteiger partial charge in [0.25, 0.3) is 0 Å². The van der Waals surface area contributed by atoms with Gasteiger partial charge in [0.2, 0.25) is 0 Å². The average Bonchev–Trinajstić information content (AvgIpc) is 2.96. The van der Waals surface area contributed by atoms with E-state index in [1.807, 2.05) is 30.3 Å². The first-order valence-electron chi connectivity index (χ1n) is 6.26. The van der Waals surface area contributed by atoms with Gasteiger partial charge in [-0.15, -0.1) is 0 Å². The molecule has 7 heteroatoms. The first-order chi connectivity index (χ1) is 10.5. The Morgan fingerprint density at radius 1 is 0.864 bits per heavy atom.